The van der Waals surface area contributed by atoms with Crippen LogP contribution < -0.4 is 0 Å². The van der Waals surface area contributed by atoms with E-state index in [2.05, 4.69) is 61.9 Å². The second kappa shape index (κ2) is 4.73. The lowest BCUT2D eigenvalue weighted by Gasteiger charge is -2.02. The number of benzene rings is 2. The van der Waals surface area contributed by atoms with Crippen molar-refractivity contribution in [3.05, 3.63) is 47.5 Å². The van der Waals surface area contributed by atoms with E-state index in [1.807, 2.05) is 0 Å². The Balaban J connectivity index is 2.31. The summed E-state index contributed by atoms with van der Waals surface area (Å²) in [4.78, 5) is 0. The molecule has 2 aromatic carbocycles. The smallest absolute Gasteiger partial charge is 0.0491 e. The van der Waals surface area contributed by atoms with E-state index in [0.29, 0.717) is 0 Å². The molecule has 0 bridgehead atoms. The summed E-state index contributed by atoms with van der Waals surface area (Å²) in [5.41, 5.74) is 5.56. The topological polar surface area (TPSA) is 4.93 Å². The van der Waals surface area contributed by atoms with Crippen LogP contribution in [0.1, 0.15) is 31.4 Å². The van der Waals surface area contributed by atoms with Crippen molar-refractivity contribution < 1.29 is 0 Å². The number of nitrogens with zero attached hydrogens (tertiary/aromatic N) is 1. The Morgan fingerprint density at radius 3 is 2.00 bits per heavy atom. The third-order valence-corrected chi connectivity index (χ3v) is 4.08. The molecule has 0 atom stereocenters. The second-order valence-corrected chi connectivity index (χ2v) is 5.37. The van der Waals surface area contributed by atoms with Gasteiger partial charge >= 0.3 is 0 Å². The molecule has 0 aliphatic heterocycles. The van der Waals surface area contributed by atoms with E-state index >= 15 is 0 Å². The van der Waals surface area contributed by atoms with Gasteiger partial charge in [-0.05, 0) is 36.1 Å². The van der Waals surface area contributed by atoms with E-state index in [1.54, 1.807) is 0 Å². The van der Waals surface area contributed by atoms with Gasteiger partial charge in [0.05, 0.1) is 0 Å². The van der Waals surface area contributed by atoms with Gasteiger partial charge < -0.3 is 4.57 Å². The minimum Gasteiger partial charge on any atom is -0.344 e. The maximum Gasteiger partial charge on any atom is 0.0491 e. The second-order valence-electron chi connectivity index (χ2n) is 5.37. The first-order valence-electron chi connectivity index (χ1n) is 7.24. The summed E-state index contributed by atoms with van der Waals surface area (Å²) in [6, 6.07) is 13.8. The number of rotatable bonds is 3. The Bertz CT molecular complexity index is 734. The highest BCUT2D eigenvalue weighted by Crippen LogP contribution is 2.29. The van der Waals surface area contributed by atoms with Gasteiger partial charge in [0.25, 0.3) is 0 Å². The van der Waals surface area contributed by atoms with Crippen LogP contribution in [-0.4, -0.2) is 4.57 Å². The van der Waals surface area contributed by atoms with Gasteiger partial charge in [-0.1, -0.05) is 44.5 Å². The molecule has 0 aliphatic carbocycles. The van der Waals surface area contributed by atoms with Crippen molar-refractivity contribution >= 4 is 21.8 Å². The van der Waals surface area contributed by atoms with Crippen LogP contribution in [0.25, 0.3) is 21.8 Å². The Hall–Kier alpha value is -1.76. The minimum absolute atomic E-state index is 1.10. The normalized spacial score (nSPS) is 11.5. The summed E-state index contributed by atoms with van der Waals surface area (Å²) in [5.74, 6) is 0. The lowest BCUT2D eigenvalue weighted by molar-refractivity contribution is 0.920. The van der Waals surface area contributed by atoms with Gasteiger partial charge in [0, 0.05) is 28.9 Å². The highest BCUT2D eigenvalue weighted by molar-refractivity contribution is 6.08. The van der Waals surface area contributed by atoms with Crippen molar-refractivity contribution in [1.82, 2.24) is 4.57 Å². The average molecular weight is 251 g/mol. The standard InChI is InChI=1S/C18H21N/c1-4-6-14-8-10-16-15-9-7-13(5-2)11-17(15)19(3)18(16)12-14/h7-12H,4-6H2,1-3H3. The van der Waals surface area contributed by atoms with Crippen molar-refractivity contribution in [3.8, 4) is 0 Å². The van der Waals surface area contributed by atoms with E-state index < -0.39 is 0 Å². The maximum absolute atomic E-state index is 2.35. The zero-order chi connectivity index (χ0) is 13.4. The fourth-order valence-corrected chi connectivity index (χ4v) is 2.96. The fraction of sp³-hybridized carbons (Fsp3) is 0.333. The van der Waals surface area contributed by atoms with Gasteiger partial charge in [0.2, 0.25) is 0 Å². The molecule has 0 saturated heterocycles. The Labute approximate surface area is 114 Å². The van der Waals surface area contributed by atoms with Gasteiger partial charge in [-0.3, -0.25) is 0 Å². The van der Waals surface area contributed by atoms with E-state index in [-0.39, 0.29) is 0 Å². The third-order valence-electron chi connectivity index (χ3n) is 4.08. The maximum atomic E-state index is 2.35. The van der Waals surface area contributed by atoms with Crippen molar-refractivity contribution in [2.24, 2.45) is 7.05 Å². The summed E-state index contributed by atoms with van der Waals surface area (Å²) in [5, 5.41) is 2.75. The lowest BCUT2D eigenvalue weighted by Crippen LogP contribution is -1.89. The van der Waals surface area contributed by atoms with Crippen LogP contribution in [0.5, 0.6) is 0 Å². The molecule has 0 aliphatic rings. The minimum atomic E-state index is 1.10. The molecule has 1 aromatic heterocycles. The molecule has 19 heavy (non-hydrogen) atoms. The molecule has 0 saturated carbocycles. The molecule has 3 aromatic rings. The van der Waals surface area contributed by atoms with Gasteiger partial charge in [0.1, 0.15) is 0 Å². The monoisotopic (exact) mass is 251 g/mol. The number of aromatic nitrogens is 1. The van der Waals surface area contributed by atoms with Crippen molar-refractivity contribution in [3.63, 3.8) is 0 Å². The Morgan fingerprint density at radius 1 is 0.842 bits per heavy atom. The number of hydrogen-bond acceptors (Lipinski definition) is 0. The molecule has 0 spiro atoms. The van der Waals surface area contributed by atoms with E-state index in [1.165, 1.54) is 39.4 Å². The predicted octanol–water partition coefficient (Wildman–Crippen LogP) is 4.85. The number of aryl methyl sites for hydroxylation is 3. The fourth-order valence-electron chi connectivity index (χ4n) is 2.96. The summed E-state index contributed by atoms with van der Waals surface area (Å²) in [6.45, 7) is 4.45. The molecule has 0 fully saturated rings. The molecule has 1 heteroatoms. The molecule has 3 rings (SSSR count). The predicted molar refractivity (Wildman–Crippen MR) is 83.8 cm³/mol. The van der Waals surface area contributed by atoms with Gasteiger partial charge in [-0.15, -0.1) is 0 Å². The van der Waals surface area contributed by atoms with Crippen LogP contribution in [0.2, 0.25) is 0 Å². The highest BCUT2D eigenvalue weighted by atomic mass is 14.9. The van der Waals surface area contributed by atoms with Crippen molar-refractivity contribution in [1.29, 1.82) is 0 Å². The summed E-state index contributed by atoms with van der Waals surface area (Å²) in [6.07, 6.45) is 3.46. The van der Waals surface area contributed by atoms with E-state index in [4.69, 9.17) is 0 Å². The SMILES string of the molecule is CCCc1ccc2c3ccc(CC)cc3n(C)c2c1. The first-order valence-corrected chi connectivity index (χ1v) is 7.24. The molecule has 98 valence electrons. The quantitative estimate of drug-likeness (QED) is 0.627. The molecule has 0 amide bonds. The van der Waals surface area contributed by atoms with E-state index in [9.17, 15) is 0 Å². The molecule has 1 nitrogen and oxygen atoms in total. The lowest BCUT2D eigenvalue weighted by atomic mass is 10.1. The van der Waals surface area contributed by atoms with Gasteiger partial charge in [-0.2, -0.15) is 0 Å². The van der Waals surface area contributed by atoms with Crippen LogP contribution in [0.3, 0.4) is 0 Å². The van der Waals surface area contributed by atoms with Crippen LogP contribution >= 0.6 is 0 Å². The van der Waals surface area contributed by atoms with Crippen LogP contribution in [0.15, 0.2) is 36.4 Å². The van der Waals surface area contributed by atoms with Gasteiger partial charge in [0.15, 0.2) is 0 Å². The zero-order valence-electron chi connectivity index (χ0n) is 12.0. The van der Waals surface area contributed by atoms with Crippen molar-refractivity contribution in [2.75, 3.05) is 0 Å². The zero-order valence-corrected chi connectivity index (χ0v) is 12.0. The summed E-state index contributed by atoms with van der Waals surface area (Å²) >= 11 is 0. The molecular weight excluding hydrogens is 230 g/mol. The van der Waals surface area contributed by atoms with Crippen LogP contribution in [0.4, 0.5) is 0 Å². The number of hydrogen-bond donors (Lipinski definition) is 0. The Morgan fingerprint density at radius 2 is 1.42 bits per heavy atom. The van der Waals surface area contributed by atoms with Crippen LogP contribution in [-0.2, 0) is 19.9 Å². The molecule has 1 heterocycles. The summed E-state index contributed by atoms with van der Waals surface area (Å²) in [7, 11) is 2.18. The first-order chi connectivity index (χ1) is 9.24. The largest absolute Gasteiger partial charge is 0.344 e. The van der Waals surface area contributed by atoms with Gasteiger partial charge in [-0.25, -0.2) is 0 Å². The van der Waals surface area contributed by atoms with E-state index in [0.717, 1.165) is 12.8 Å². The average Bonchev–Trinajstić information content (AvgIpc) is 2.72. The van der Waals surface area contributed by atoms with Crippen LogP contribution in [0, 0.1) is 0 Å². The molecule has 0 unspecified atom stereocenters. The highest BCUT2D eigenvalue weighted by Gasteiger charge is 2.08. The summed E-state index contributed by atoms with van der Waals surface area (Å²) < 4.78 is 2.34. The molecule has 0 radical (unpaired) electrons. The first kappa shape index (κ1) is 12.3. The molecule has 0 N–H and O–H groups in total. The third kappa shape index (κ3) is 1.94. The Kier molecular flexibility index (Phi) is 3.06. The molecular formula is C18H21N. The van der Waals surface area contributed by atoms with Crippen molar-refractivity contribution in [2.45, 2.75) is 33.1 Å². The number of fused-ring (bicyclic) bond motifs is 3.